The van der Waals surface area contributed by atoms with Crippen LogP contribution in [0.4, 0.5) is 9.52 Å². The van der Waals surface area contributed by atoms with E-state index in [0.29, 0.717) is 38.2 Å². The maximum atomic E-state index is 13.7. The predicted octanol–water partition coefficient (Wildman–Crippen LogP) is 5.89. The number of hydrogen-bond donors (Lipinski definition) is 1. The van der Waals surface area contributed by atoms with Gasteiger partial charge in [0.2, 0.25) is 0 Å². The van der Waals surface area contributed by atoms with Crippen LogP contribution < -0.4 is 5.32 Å². The van der Waals surface area contributed by atoms with E-state index in [2.05, 4.69) is 24.1 Å². The third-order valence-corrected chi connectivity index (χ3v) is 5.05. The second-order valence-electron chi connectivity index (χ2n) is 6.66. The standard InChI is InChI=1S/C19H18Cl2FN3OS/c1-11(2)3-12-6-16(18(26)24-19-23-8-17(21)27-19)25(9-12)10-13-4-14(20)7-15(22)5-13/h4-9,11H,3,10H2,1-2H3,(H,23,24,26). The van der Waals surface area contributed by atoms with Gasteiger partial charge in [-0.1, -0.05) is 48.4 Å². The summed E-state index contributed by atoms with van der Waals surface area (Å²) < 4.78 is 16.0. The molecule has 0 radical (unpaired) electrons. The molecule has 0 unspecified atom stereocenters. The zero-order valence-corrected chi connectivity index (χ0v) is 17.1. The van der Waals surface area contributed by atoms with Crippen molar-refractivity contribution in [1.82, 2.24) is 9.55 Å². The number of carbonyl (C=O) groups excluding carboxylic acids is 1. The van der Waals surface area contributed by atoms with Crippen molar-refractivity contribution < 1.29 is 9.18 Å². The van der Waals surface area contributed by atoms with Gasteiger partial charge < -0.3 is 4.57 Å². The van der Waals surface area contributed by atoms with Crippen molar-refractivity contribution in [1.29, 1.82) is 0 Å². The summed E-state index contributed by atoms with van der Waals surface area (Å²) in [6, 6.07) is 6.21. The quantitative estimate of drug-likeness (QED) is 0.534. The van der Waals surface area contributed by atoms with E-state index in [9.17, 15) is 9.18 Å². The van der Waals surface area contributed by atoms with Gasteiger partial charge in [-0.3, -0.25) is 10.1 Å². The van der Waals surface area contributed by atoms with Crippen molar-refractivity contribution in [3.8, 4) is 0 Å². The van der Waals surface area contributed by atoms with Crippen LogP contribution in [0, 0.1) is 11.7 Å². The molecule has 2 aromatic heterocycles. The summed E-state index contributed by atoms with van der Waals surface area (Å²) in [6.07, 6.45) is 4.24. The number of halogens is 3. The third-order valence-electron chi connectivity index (χ3n) is 3.80. The van der Waals surface area contributed by atoms with Crippen molar-refractivity contribution in [3.05, 3.63) is 68.7 Å². The second-order valence-corrected chi connectivity index (χ2v) is 8.76. The Morgan fingerprint density at radius 2 is 2.04 bits per heavy atom. The lowest BCUT2D eigenvalue weighted by Crippen LogP contribution is -2.17. The molecule has 0 aliphatic carbocycles. The third kappa shape index (κ3) is 5.31. The molecule has 1 amide bonds. The van der Waals surface area contributed by atoms with E-state index in [1.54, 1.807) is 10.6 Å². The molecule has 0 atom stereocenters. The molecule has 3 rings (SSSR count). The van der Waals surface area contributed by atoms with Gasteiger partial charge in [0, 0.05) is 17.8 Å². The van der Waals surface area contributed by atoms with Crippen LogP contribution in [0.2, 0.25) is 9.36 Å². The highest BCUT2D eigenvalue weighted by Gasteiger charge is 2.17. The van der Waals surface area contributed by atoms with Gasteiger partial charge in [-0.2, -0.15) is 0 Å². The maximum absolute atomic E-state index is 13.7. The van der Waals surface area contributed by atoms with E-state index in [1.165, 1.54) is 29.7 Å². The van der Waals surface area contributed by atoms with E-state index in [0.717, 1.165) is 12.0 Å². The van der Waals surface area contributed by atoms with Gasteiger partial charge in [-0.05, 0) is 47.7 Å². The lowest BCUT2D eigenvalue weighted by Gasteiger charge is -2.09. The first-order valence-corrected chi connectivity index (χ1v) is 9.94. The van der Waals surface area contributed by atoms with Crippen molar-refractivity contribution in [3.63, 3.8) is 0 Å². The number of amides is 1. The number of rotatable bonds is 6. The van der Waals surface area contributed by atoms with Gasteiger partial charge in [0.15, 0.2) is 5.13 Å². The Morgan fingerprint density at radius 1 is 1.26 bits per heavy atom. The molecule has 0 saturated carbocycles. The molecule has 2 heterocycles. The lowest BCUT2D eigenvalue weighted by atomic mass is 10.1. The van der Waals surface area contributed by atoms with Gasteiger partial charge in [-0.15, -0.1) is 0 Å². The van der Waals surface area contributed by atoms with Crippen molar-refractivity contribution in [2.75, 3.05) is 5.32 Å². The first kappa shape index (κ1) is 19.9. The van der Waals surface area contributed by atoms with Crippen molar-refractivity contribution in [2.45, 2.75) is 26.8 Å². The Morgan fingerprint density at radius 3 is 2.67 bits per heavy atom. The van der Waals surface area contributed by atoms with Crippen molar-refractivity contribution in [2.24, 2.45) is 5.92 Å². The lowest BCUT2D eigenvalue weighted by molar-refractivity contribution is 0.101. The SMILES string of the molecule is CC(C)Cc1cc(C(=O)Nc2ncc(Cl)s2)n(Cc2cc(F)cc(Cl)c2)c1. The first-order valence-electron chi connectivity index (χ1n) is 8.37. The molecule has 4 nitrogen and oxygen atoms in total. The Balaban J connectivity index is 1.90. The zero-order chi connectivity index (χ0) is 19.6. The Kier molecular flexibility index (Phi) is 6.19. The zero-order valence-electron chi connectivity index (χ0n) is 14.8. The summed E-state index contributed by atoms with van der Waals surface area (Å²) in [6.45, 7) is 4.55. The molecule has 0 saturated heterocycles. The number of thiazole rings is 1. The minimum atomic E-state index is -0.407. The molecule has 1 N–H and O–H groups in total. The van der Waals surface area contributed by atoms with Gasteiger partial charge in [0.05, 0.1) is 6.20 Å². The molecule has 3 aromatic rings. The van der Waals surface area contributed by atoms with E-state index in [-0.39, 0.29) is 5.91 Å². The number of carbonyl (C=O) groups is 1. The van der Waals surface area contributed by atoms with Gasteiger partial charge in [0.25, 0.3) is 5.91 Å². The molecule has 27 heavy (non-hydrogen) atoms. The van der Waals surface area contributed by atoms with Crippen LogP contribution in [0.3, 0.4) is 0 Å². The smallest absolute Gasteiger partial charge is 0.274 e. The predicted molar refractivity (Wildman–Crippen MR) is 109 cm³/mol. The summed E-state index contributed by atoms with van der Waals surface area (Å²) >= 11 is 13.0. The fourth-order valence-electron chi connectivity index (χ4n) is 2.85. The fraction of sp³-hybridized carbons (Fsp3) is 0.263. The van der Waals surface area contributed by atoms with Crippen molar-refractivity contribution >= 4 is 45.6 Å². The molecular formula is C19H18Cl2FN3OS. The summed E-state index contributed by atoms with van der Waals surface area (Å²) in [7, 11) is 0. The van der Waals surface area contributed by atoms with E-state index >= 15 is 0 Å². The Hall–Kier alpha value is -1.89. The van der Waals surface area contributed by atoms with Crippen LogP contribution in [0.15, 0.2) is 36.7 Å². The molecule has 8 heteroatoms. The summed E-state index contributed by atoms with van der Waals surface area (Å²) in [5, 5.41) is 3.51. The number of hydrogen-bond acceptors (Lipinski definition) is 3. The van der Waals surface area contributed by atoms with Gasteiger partial charge in [0.1, 0.15) is 15.8 Å². The van der Waals surface area contributed by atoms with Gasteiger partial charge >= 0.3 is 0 Å². The molecule has 142 valence electrons. The van der Waals surface area contributed by atoms with Crippen LogP contribution in [0.1, 0.15) is 35.5 Å². The minimum Gasteiger partial charge on any atom is -0.339 e. The molecule has 0 fully saturated rings. The summed E-state index contributed by atoms with van der Waals surface area (Å²) in [5.74, 6) is -0.257. The molecule has 1 aromatic carbocycles. The van der Waals surface area contributed by atoms with E-state index < -0.39 is 5.82 Å². The fourth-order valence-corrected chi connectivity index (χ4v) is 3.90. The molecular weight excluding hydrogens is 408 g/mol. The first-order chi connectivity index (χ1) is 12.8. The average Bonchev–Trinajstić information content (AvgIpc) is 3.12. The second kappa shape index (κ2) is 8.42. The highest BCUT2D eigenvalue weighted by atomic mass is 35.5. The van der Waals surface area contributed by atoms with Crippen LogP contribution >= 0.6 is 34.5 Å². The van der Waals surface area contributed by atoms with Gasteiger partial charge in [-0.25, -0.2) is 9.37 Å². The molecule has 0 aliphatic rings. The Labute approximate surface area is 170 Å². The number of anilines is 1. The summed E-state index contributed by atoms with van der Waals surface area (Å²) in [4.78, 5) is 16.8. The van der Waals surface area contributed by atoms with Crippen LogP contribution in [0.5, 0.6) is 0 Å². The van der Waals surface area contributed by atoms with E-state index in [1.807, 2.05) is 12.3 Å². The topological polar surface area (TPSA) is 46.9 Å². The summed E-state index contributed by atoms with van der Waals surface area (Å²) in [5.41, 5.74) is 2.19. The molecule has 0 bridgehead atoms. The maximum Gasteiger partial charge on any atom is 0.274 e. The number of aromatic nitrogens is 2. The van der Waals surface area contributed by atoms with Crippen LogP contribution in [0.25, 0.3) is 0 Å². The Bertz CT molecular complexity index is 948. The average molecular weight is 426 g/mol. The minimum absolute atomic E-state index is 0.293. The van der Waals surface area contributed by atoms with Crippen LogP contribution in [-0.2, 0) is 13.0 Å². The molecule has 0 spiro atoms. The highest BCUT2D eigenvalue weighted by molar-refractivity contribution is 7.19. The number of benzene rings is 1. The normalized spacial score (nSPS) is 11.2. The largest absolute Gasteiger partial charge is 0.339 e. The highest BCUT2D eigenvalue weighted by Crippen LogP contribution is 2.24. The number of nitrogens with zero attached hydrogens (tertiary/aromatic N) is 2. The van der Waals surface area contributed by atoms with E-state index in [4.69, 9.17) is 23.2 Å². The monoisotopic (exact) mass is 425 g/mol. The number of nitrogens with one attached hydrogen (secondary N) is 1. The molecule has 0 aliphatic heterocycles. The van der Waals surface area contributed by atoms with Crippen LogP contribution in [-0.4, -0.2) is 15.5 Å².